The normalized spacial score (nSPS) is 9.55. The van der Waals surface area contributed by atoms with Gasteiger partial charge < -0.3 is 10.2 Å². The van der Waals surface area contributed by atoms with Crippen LogP contribution in [0.3, 0.4) is 0 Å². The van der Waals surface area contributed by atoms with Gasteiger partial charge in [-0.2, -0.15) is 0 Å². The molecule has 0 aliphatic rings. The third-order valence-corrected chi connectivity index (χ3v) is 1.17. The monoisotopic (exact) mass is 156 g/mol. The van der Waals surface area contributed by atoms with Crippen LogP contribution in [0.25, 0.3) is 0 Å². The number of carbonyl (C=O) groups excluding carboxylic acids is 1. The summed E-state index contributed by atoms with van der Waals surface area (Å²) >= 11 is 0. The minimum absolute atomic E-state index is 0.0475. The second kappa shape index (κ2) is 3.07. The second-order valence-electron chi connectivity index (χ2n) is 2.03. The summed E-state index contributed by atoms with van der Waals surface area (Å²) in [6.07, 6.45) is 2.87. The minimum Gasteiger partial charge on any atom is -0.472 e. The Morgan fingerprint density at radius 3 is 3.00 bits per heavy atom. The summed E-state index contributed by atoms with van der Waals surface area (Å²) < 4.78 is 4.71. The van der Waals surface area contributed by atoms with Crippen molar-refractivity contribution < 1.29 is 14.4 Å². The molecule has 1 heterocycles. The summed E-state index contributed by atoms with van der Waals surface area (Å²) in [6.45, 7) is 0.0475. The number of hydrogen-bond acceptors (Lipinski definition) is 3. The standard InChI is InChI=1S/C6H8N2O3/c7-6(9)8(10)3-5-1-2-11-4-5/h1-2,4,10H,3H2,(H2,7,9). The van der Waals surface area contributed by atoms with Crippen molar-refractivity contribution >= 4 is 6.03 Å². The second-order valence-corrected chi connectivity index (χ2v) is 2.03. The van der Waals surface area contributed by atoms with Gasteiger partial charge in [-0.05, 0) is 6.07 Å². The van der Waals surface area contributed by atoms with Crippen LogP contribution < -0.4 is 5.73 Å². The number of primary amides is 1. The maximum absolute atomic E-state index is 10.3. The molecule has 60 valence electrons. The van der Waals surface area contributed by atoms with Gasteiger partial charge in [0.25, 0.3) is 0 Å². The molecule has 2 amide bonds. The van der Waals surface area contributed by atoms with Gasteiger partial charge in [-0.3, -0.25) is 5.21 Å². The van der Waals surface area contributed by atoms with Crippen LogP contribution in [0.5, 0.6) is 0 Å². The molecule has 0 saturated carbocycles. The molecule has 0 atom stereocenters. The number of urea groups is 1. The summed E-state index contributed by atoms with van der Waals surface area (Å²) in [5, 5.41) is 9.22. The number of rotatable bonds is 2. The summed E-state index contributed by atoms with van der Waals surface area (Å²) in [7, 11) is 0. The average Bonchev–Trinajstić information content (AvgIpc) is 2.39. The van der Waals surface area contributed by atoms with E-state index in [9.17, 15) is 4.79 Å². The molecule has 0 radical (unpaired) electrons. The van der Waals surface area contributed by atoms with Crippen LogP contribution in [0.15, 0.2) is 23.0 Å². The lowest BCUT2D eigenvalue weighted by molar-refractivity contribution is -0.0471. The zero-order valence-electron chi connectivity index (χ0n) is 5.73. The number of furan rings is 1. The van der Waals surface area contributed by atoms with Crippen LogP contribution in [-0.2, 0) is 6.54 Å². The van der Waals surface area contributed by atoms with E-state index in [4.69, 9.17) is 15.4 Å². The zero-order valence-corrected chi connectivity index (χ0v) is 5.73. The Hall–Kier alpha value is -1.49. The van der Waals surface area contributed by atoms with Gasteiger partial charge in [0.05, 0.1) is 19.1 Å². The number of amides is 2. The quantitative estimate of drug-likeness (QED) is 0.484. The lowest BCUT2D eigenvalue weighted by atomic mass is 10.3. The first-order valence-electron chi connectivity index (χ1n) is 2.97. The van der Waals surface area contributed by atoms with Gasteiger partial charge in [0.2, 0.25) is 0 Å². The molecule has 1 aromatic rings. The highest BCUT2D eigenvalue weighted by atomic mass is 16.5. The Balaban J connectivity index is 2.50. The van der Waals surface area contributed by atoms with Gasteiger partial charge in [0.15, 0.2) is 0 Å². The minimum atomic E-state index is -0.883. The van der Waals surface area contributed by atoms with Crippen LogP contribution in [0.4, 0.5) is 4.79 Å². The third kappa shape index (κ3) is 1.98. The first-order valence-corrected chi connectivity index (χ1v) is 2.97. The fourth-order valence-corrected chi connectivity index (χ4v) is 0.633. The predicted molar refractivity (Wildman–Crippen MR) is 35.6 cm³/mol. The van der Waals surface area contributed by atoms with Crippen molar-refractivity contribution in [1.82, 2.24) is 5.06 Å². The van der Waals surface area contributed by atoms with Crippen molar-refractivity contribution in [3.8, 4) is 0 Å². The lowest BCUT2D eigenvalue weighted by Crippen LogP contribution is -2.31. The van der Waals surface area contributed by atoms with E-state index in [2.05, 4.69) is 0 Å². The summed E-state index contributed by atoms with van der Waals surface area (Å²) in [5.41, 5.74) is 5.45. The molecular formula is C6H8N2O3. The molecule has 11 heavy (non-hydrogen) atoms. The van der Waals surface area contributed by atoms with Gasteiger partial charge in [-0.15, -0.1) is 0 Å². The summed E-state index contributed by atoms with van der Waals surface area (Å²) in [5.74, 6) is 0. The molecule has 0 unspecified atom stereocenters. The lowest BCUT2D eigenvalue weighted by Gasteiger charge is -2.08. The molecule has 0 aliphatic heterocycles. The van der Waals surface area contributed by atoms with E-state index < -0.39 is 6.03 Å². The molecule has 0 fully saturated rings. The van der Waals surface area contributed by atoms with E-state index in [0.29, 0.717) is 10.6 Å². The van der Waals surface area contributed by atoms with Crippen LogP contribution >= 0.6 is 0 Å². The third-order valence-electron chi connectivity index (χ3n) is 1.17. The van der Waals surface area contributed by atoms with E-state index in [1.165, 1.54) is 12.5 Å². The van der Waals surface area contributed by atoms with E-state index in [1.54, 1.807) is 6.07 Å². The molecule has 5 nitrogen and oxygen atoms in total. The van der Waals surface area contributed by atoms with Crippen molar-refractivity contribution in [2.45, 2.75) is 6.54 Å². The Morgan fingerprint density at radius 2 is 2.55 bits per heavy atom. The summed E-state index contributed by atoms with van der Waals surface area (Å²) in [4.78, 5) is 10.3. The van der Waals surface area contributed by atoms with Crippen molar-refractivity contribution in [2.75, 3.05) is 0 Å². The largest absolute Gasteiger partial charge is 0.472 e. The van der Waals surface area contributed by atoms with Crippen LogP contribution in [0.1, 0.15) is 5.56 Å². The predicted octanol–water partition coefficient (Wildman–Crippen LogP) is 0.550. The average molecular weight is 156 g/mol. The molecule has 0 aromatic carbocycles. The van der Waals surface area contributed by atoms with Crippen LogP contribution in [0.2, 0.25) is 0 Å². The number of carbonyl (C=O) groups is 1. The smallest absolute Gasteiger partial charge is 0.338 e. The summed E-state index contributed by atoms with van der Waals surface area (Å²) in [6, 6.07) is 0.748. The number of hydroxylamine groups is 2. The van der Waals surface area contributed by atoms with Gasteiger partial charge in [0.1, 0.15) is 0 Å². The first-order chi connectivity index (χ1) is 5.20. The SMILES string of the molecule is NC(=O)N(O)Cc1ccoc1. The highest BCUT2D eigenvalue weighted by Crippen LogP contribution is 2.02. The highest BCUT2D eigenvalue weighted by Gasteiger charge is 2.06. The van der Waals surface area contributed by atoms with E-state index in [-0.39, 0.29) is 6.54 Å². The van der Waals surface area contributed by atoms with E-state index >= 15 is 0 Å². The highest BCUT2D eigenvalue weighted by molar-refractivity contribution is 5.70. The Labute approximate surface area is 63.0 Å². The van der Waals surface area contributed by atoms with Crippen molar-refractivity contribution in [3.05, 3.63) is 24.2 Å². The fourth-order valence-electron chi connectivity index (χ4n) is 0.633. The molecule has 1 rings (SSSR count). The van der Waals surface area contributed by atoms with Gasteiger partial charge in [-0.1, -0.05) is 0 Å². The molecule has 0 spiro atoms. The molecule has 5 heteroatoms. The molecule has 1 aromatic heterocycles. The molecular weight excluding hydrogens is 148 g/mol. The first kappa shape index (κ1) is 7.62. The molecule has 0 aliphatic carbocycles. The molecule has 3 N–H and O–H groups in total. The number of hydrogen-bond donors (Lipinski definition) is 2. The van der Waals surface area contributed by atoms with Crippen LogP contribution in [0, 0.1) is 0 Å². The topological polar surface area (TPSA) is 79.7 Å². The zero-order chi connectivity index (χ0) is 8.27. The van der Waals surface area contributed by atoms with Gasteiger partial charge in [-0.25, -0.2) is 9.86 Å². The van der Waals surface area contributed by atoms with Gasteiger partial charge >= 0.3 is 6.03 Å². The maximum atomic E-state index is 10.3. The van der Waals surface area contributed by atoms with E-state index in [1.807, 2.05) is 0 Å². The van der Waals surface area contributed by atoms with E-state index in [0.717, 1.165) is 0 Å². The van der Waals surface area contributed by atoms with Crippen molar-refractivity contribution in [1.29, 1.82) is 0 Å². The number of nitrogens with two attached hydrogens (primary N) is 1. The maximum Gasteiger partial charge on any atom is 0.338 e. The van der Waals surface area contributed by atoms with Crippen LogP contribution in [-0.4, -0.2) is 16.3 Å². The number of nitrogens with zero attached hydrogens (tertiary/aromatic N) is 1. The van der Waals surface area contributed by atoms with Gasteiger partial charge in [0, 0.05) is 5.56 Å². The van der Waals surface area contributed by atoms with Crippen molar-refractivity contribution in [2.24, 2.45) is 5.73 Å². The molecule has 0 bridgehead atoms. The Morgan fingerprint density at radius 1 is 1.82 bits per heavy atom. The Kier molecular flexibility index (Phi) is 2.12. The Bertz CT molecular complexity index is 232. The molecule has 0 saturated heterocycles. The van der Waals surface area contributed by atoms with Crippen molar-refractivity contribution in [3.63, 3.8) is 0 Å². The fraction of sp³-hybridized carbons (Fsp3) is 0.167.